The summed E-state index contributed by atoms with van der Waals surface area (Å²) in [7, 11) is 0. The molecular formula is C8H15N3O. The first-order valence-corrected chi connectivity index (χ1v) is 4.03. The van der Waals surface area contributed by atoms with Crippen molar-refractivity contribution in [2.45, 2.75) is 33.4 Å². The Bertz CT molecular complexity index is 228. The number of carbonyl (C=O) groups excluding carboxylic acids is 1. The van der Waals surface area contributed by atoms with E-state index in [0.29, 0.717) is 6.54 Å². The van der Waals surface area contributed by atoms with Crippen LogP contribution in [0, 0.1) is 0 Å². The lowest BCUT2D eigenvalue weighted by Gasteiger charge is -2.26. The number of nitrogens with one attached hydrogen (secondary N) is 1. The van der Waals surface area contributed by atoms with E-state index in [9.17, 15) is 4.79 Å². The number of hydrogen-bond donors (Lipinski definition) is 1. The van der Waals surface area contributed by atoms with E-state index in [-0.39, 0.29) is 11.6 Å². The van der Waals surface area contributed by atoms with Crippen LogP contribution in [-0.2, 0) is 4.79 Å². The van der Waals surface area contributed by atoms with Gasteiger partial charge < -0.3 is 0 Å². The maximum absolute atomic E-state index is 11.3. The highest BCUT2D eigenvalue weighted by Gasteiger charge is 2.37. The van der Waals surface area contributed by atoms with Crippen molar-refractivity contribution in [1.29, 1.82) is 0 Å². The molecule has 0 atom stereocenters. The molecule has 4 heteroatoms. The van der Waals surface area contributed by atoms with Crippen molar-refractivity contribution in [2.24, 2.45) is 5.10 Å². The molecule has 0 saturated carbocycles. The summed E-state index contributed by atoms with van der Waals surface area (Å²) in [5.74, 6) is 0.0289. The van der Waals surface area contributed by atoms with Crippen molar-refractivity contribution in [3.8, 4) is 0 Å². The van der Waals surface area contributed by atoms with Crippen LogP contribution >= 0.6 is 0 Å². The molecular weight excluding hydrogens is 154 g/mol. The predicted molar refractivity (Wildman–Crippen MR) is 47.7 cm³/mol. The second kappa shape index (κ2) is 2.86. The van der Waals surface area contributed by atoms with Crippen LogP contribution in [0.3, 0.4) is 0 Å². The zero-order valence-electron chi connectivity index (χ0n) is 8.01. The van der Waals surface area contributed by atoms with E-state index < -0.39 is 0 Å². The smallest absolute Gasteiger partial charge is 0.258 e. The molecule has 0 unspecified atom stereocenters. The Morgan fingerprint density at radius 2 is 2.17 bits per heavy atom. The highest BCUT2D eigenvalue weighted by atomic mass is 16.2. The van der Waals surface area contributed by atoms with Crippen LogP contribution in [0.15, 0.2) is 5.10 Å². The summed E-state index contributed by atoms with van der Waals surface area (Å²) in [5.41, 5.74) is 0.550. The van der Waals surface area contributed by atoms with Gasteiger partial charge in [0.05, 0.1) is 6.54 Å². The van der Waals surface area contributed by atoms with E-state index >= 15 is 0 Å². The fourth-order valence-corrected chi connectivity index (χ4v) is 1.13. The summed E-state index contributed by atoms with van der Waals surface area (Å²) in [4.78, 5) is 11.3. The van der Waals surface area contributed by atoms with Gasteiger partial charge in [-0.15, -0.1) is 0 Å². The van der Waals surface area contributed by atoms with Crippen LogP contribution in [0.5, 0.6) is 0 Å². The summed E-state index contributed by atoms with van der Waals surface area (Å²) in [6, 6.07) is 0. The van der Waals surface area contributed by atoms with Gasteiger partial charge in [0.15, 0.2) is 0 Å². The van der Waals surface area contributed by atoms with Gasteiger partial charge in [-0.2, -0.15) is 5.10 Å². The lowest BCUT2D eigenvalue weighted by molar-refractivity contribution is -0.129. The van der Waals surface area contributed by atoms with Crippen LogP contribution < -0.4 is 5.32 Å². The highest BCUT2D eigenvalue weighted by molar-refractivity contribution is 5.85. The molecule has 1 aliphatic heterocycles. The molecule has 0 aromatic rings. The van der Waals surface area contributed by atoms with Gasteiger partial charge in [0.1, 0.15) is 5.66 Å². The van der Waals surface area contributed by atoms with Crippen molar-refractivity contribution in [1.82, 2.24) is 10.3 Å². The molecule has 1 saturated heterocycles. The first-order chi connectivity index (χ1) is 5.43. The van der Waals surface area contributed by atoms with Gasteiger partial charge in [-0.05, 0) is 27.7 Å². The monoisotopic (exact) mass is 169 g/mol. The first-order valence-electron chi connectivity index (χ1n) is 4.03. The minimum atomic E-state index is -0.339. The second-order valence-corrected chi connectivity index (χ2v) is 3.67. The zero-order valence-corrected chi connectivity index (χ0v) is 8.01. The van der Waals surface area contributed by atoms with E-state index in [0.717, 1.165) is 5.71 Å². The Kier molecular flexibility index (Phi) is 2.19. The van der Waals surface area contributed by atoms with E-state index in [1.807, 2.05) is 27.7 Å². The standard InChI is InChI=1S/C8H15N3O/c1-6(2)10-11-7(12)5-9-8(11,3)4/h9H,5H2,1-4H3. The molecule has 0 aromatic heterocycles. The average molecular weight is 169 g/mol. The molecule has 12 heavy (non-hydrogen) atoms. The average Bonchev–Trinajstić information content (AvgIpc) is 2.15. The Labute approximate surface area is 72.6 Å². The van der Waals surface area contributed by atoms with Crippen LogP contribution in [0.1, 0.15) is 27.7 Å². The molecule has 1 N–H and O–H groups in total. The summed E-state index contributed by atoms with van der Waals surface area (Å²) in [6.45, 7) is 8.00. The van der Waals surface area contributed by atoms with Crippen LogP contribution in [0.25, 0.3) is 0 Å². The molecule has 4 nitrogen and oxygen atoms in total. The van der Waals surface area contributed by atoms with Gasteiger partial charge in [-0.3, -0.25) is 10.1 Å². The topological polar surface area (TPSA) is 44.7 Å². The lowest BCUT2D eigenvalue weighted by atomic mass is 10.3. The largest absolute Gasteiger partial charge is 0.285 e. The van der Waals surface area contributed by atoms with Gasteiger partial charge in [0.2, 0.25) is 0 Å². The maximum Gasteiger partial charge on any atom is 0.258 e. The number of carbonyl (C=O) groups is 1. The summed E-state index contributed by atoms with van der Waals surface area (Å²) < 4.78 is 0. The van der Waals surface area contributed by atoms with Gasteiger partial charge in [-0.1, -0.05) is 0 Å². The summed E-state index contributed by atoms with van der Waals surface area (Å²) in [6.07, 6.45) is 0. The quantitative estimate of drug-likeness (QED) is 0.583. The number of nitrogens with zero attached hydrogens (tertiary/aromatic N) is 2. The van der Waals surface area contributed by atoms with E-state index in [2.05, 4.69) is 10.4 Å². The number of rotatable bonds is 1. The van der Waals surface area contributed by atoms with E-state index in [1.165, 1.54) is 5.01 Å². The number of hydrazone groups is 1. The number of hydrogen-bond acceptors (Lipinski definition) is 3. The lowest BCUT2D eigenvalue weighted by Crippen LogP contribution is -2.44. The summed E-state index contributed by atoms with van der Waals surface area (Å²) in [5, 5.41) is 8.72. The fraction of sp³-hybridized carbons (Fsp3) is 0.750. The molecule has 0 bridgehead atoms. The molecule has 1 fully saturated rings. The Morgan fingerprint density at radius 3 is 2.50 bits per heavy atom. The minimum absolute atomic E-state index is 0.0289. The van der Waals surface area contributed by atoms with Gasteiger partial charge in [-0.25, -0.2) is 5.01 Å². The van der Waals surface area contributed by atoms with Crippen LogP contribution in [0.2, 0.25) is 0 Å². The van der Waals surface area contributed by atoms with Crippen molar-refractivity contribution in [3.05, 3.63) is 0 Å². The van der Waals surface area contributed by atoms with Crippen molar-refractivity contribution in [2.75, 3.05) is 6.54 Å². The highest BCUT2D eigenvalue weighted by Crippen LogP contribution is 2.16. The SMILES string of the molecule is CC(C)=NN1C(=O)CNC1(C)C. The third kappa shape index (κ3) is 1.64. The third-order valence-corrected chi connectivity index (χ3v) is 1.74. The predicted octanol–water partition coefficient (Wildman–Crippen LogP) is 0.550. The zero-order chi connectivity index (χ0) is 9.35. The maximum atomic E-state index is 11.3. The number of amides is 1. The minimum Gasteiger partial charge on any atom is -0.285 e. The Balaban J connectivity index is 2.86. The van der Waals surface area contributed by atoms with Crippen molar-refractivity contribution in [3.63, 3.8) is 0 Å². The van der Waals surface area contributed by atoms with Crippen molar-refractivity contribution < 1.29 is 4.79 Å². The fourth-order valence-electron chi connectivity index (χ4n) is 1.13. The normalized spacial score (nSPS) is 21.3. The second-order valence-electron chi connectivity index (χ2n) is 3.67. The van der Waals surface area contributed by atoms with Gasteiger partial charge in [0, 0.05) is 5.71 Å². The summed E-state index contributed by atoms with van der Waals surface area (Å²) >= 11 is 0. The Hall–Kier alpha value is -0.900. The molecule has 1 amide bonds. The molecule has 0 aliphatic carbocycles. The van der Waals surface area contributed by atoms with E-state index in [1.54, 1.807) is 0 Å². The van der Waals surface area contributed by atoms with Crippen LogP contribution in [-0.4, -0.2) is 28.8 Å². The first kappa shape index (κ1) is 9.19. The molecule has 0 spiro atoms. The molecule has 1 heterocycles. The molecule has 0 radical (unpaired) electrons. The van der Waals surface area contributed by atoms with Crippen molar-refractivity contribution >= 4 is 11.6 Å². The molecule has 0 aromatic carbocycles. The van der Waals surface area contributed by atoms with Gasteiger partial charge >= 0.3 is 0 Å². The van der Waals surface area contributed by atoms with Gasteiger partial charge in [0.25, 0.3) is 5.91 Å². The molecule has 1 aliphatic rings. The van der Waals surface area contributed by atoms with Crippen LogP contribution in [0.4, 0.5) is 0 Å². The molecule has 68 valence electrons. The molecule has 1 rings (SSSR count). The third-order valence-electron chi connectivity index (χ3n) is 1.74. The Morgan fingerprint density at radius 1 is 1.58 bits per heavy atom. The van der Waals surface area contributed by atoms with E-state index in [4.69, 9.17) is 0 Å².